The van der Waals surface area contributed by atoms with Crippen LogP contribution < -0.4 is 0 Å². The predicted molar refractivity (Wildman–Crippen MR) is 85.4 cm³/mol. The molecule has 4 rings (SSSR count). The Balaban J connectivity index is 1.80. The van der Waals surface area contributed by atoms with Crippen LogP contribution in [0.15, 0.2) is 29.8 Å². The van der Waals surface area contributed by atoms with Crippen LogP contribution in [0, 0.1) is 11.3 Å². The molecule has 0 saturated heterocycles. The smallest absolute Gasteiger partial charge is 0.144 e. The predicted octanol–water partition coefficient (Wildman–Crippen LogP) is 4.38. The first-order chi connectivity index (χ1) is 9.90. The number of benzene rings is 1. The van der Waals surface area contributed by atoms with Gasteiger partial charge in [-0.25, -0.2) is 0 Å². The molecule has 1 fully saturated rings. The molecule has 0 radical (unpaired) electrons. The van der Waals surface area contributed by atoms with E-state index >= 15 is 0 Å². The third-order valence-electron chi connectivity index (χ3n) is 6.00. The van der Waals surface area contributed by atoms with Crippen LogP contribution in [0.2, 0.25) is 0 Å². The Bertz CT molecular complexity index is 659. The zero-order chi connectivity index (χ0) is 14.8. The van der Waals surface area contributed by atoms with Gasteiger partial charge in [0.2, 0.25) is 0 Å². The largest absolute Gasteiger partial charge is 0.299 e. The number of carbonyl (C=O) groups is 1. The highest BCUT2D eigenvalue weighted by atomic mass is 16.1. The lowest BCUT2D eigenvalue weighted by Crippen LogP contribution is -2.42. The average molecular weight is 280 g/mol. The van der Waals surface area contributed by atoms with Crippen LogP contribution in [-0.4, -0.2) is 5.78 Å². The van der Waals surface area contributed by atoms with E-state index in [0.29, 0.717) is 18.1 Å². The zero-order valence-electron chi connectivity index (χ0n) is 13.3. The molecular weight excluding hydrogens is 256 g/mol. The molecule has 3 aliphatic rings. The van der Waals surface area contributed by atoms with Gasteiger partial charge in [0.25, 0.3) is 0 Å². The molecule has 1 saturated carbocycles. The highest BCUT2D eigenvalue weighted by Gasteiger charge is 2.53. The van der Waals surface area contributed by atoms with Crippen molar-refractivity contribution in [2.75, 3.05) is 0 Å². The van der Waals surface area contributed by atoms with Gasteiger partial charge in [-0.15, -0.1) is 0 Å². The lowest BCUT2D eigenvalue weighted by atomic mass is 9.62. The van der Waals surface area contributed by atoms with E-state index in [4.69, 9.17) is 0 Å². The van der Waals surface area contributed by atoms with Crippen LogP contribution in [0.4, 0.5) is 0 Å². The average Bonchev–Trinajstić information content (AvgIpc) is 2.99. The Morgan fingerprint density at radius 1 is 1.19 bits per heavy atom. The Morgan fingerprint density at radius 3 is 2.62 bits per heavy atom. The van der Waals surface area contributed by atoms with E-state index in [1.807, 2.05) is 0 Å². The standard InChI is InChI=1S/C20H24O/c1-19(2,3)17-6-4-5-14-12-20(18(21)10-16(14)17)11-13-7-8-15(20)9-13/h4-7,15H,8-12H2,1-3H3. The number of ketones is 1. The number of allylic oxidation sites excluding steroid dienone is 2. The Labute approximate surface area is 127 Å². The molecule has 110 valence electrons. The monoisotopic (exact) mass is 280 g/mol. The van der Waals surface area contributed by atoms with Crippen LogP contribution in [-0.2, 0) is 23.1 Å². The fourth-order valence-electron chi connectivity index (χ4n) is 4.93. The molecule has 2 atom stereocenters. The number of Topliss-reactive ketones (excluding diaryl/α,β-unsaturated/α-hetero) is 1. The van der Waals surface area contributed by atoms with Crippen molar-refractivity contribution in [2.45, 2.75) is 58.3 Å². The van der Waals surface area contributed by atoms with E-state index in [9.17, 15) is 4.79 Å². The maximum atomic E-state index is 13.0. The number of hydrogen-bond acceptors (Lipinski definition) is 1. The summed E-state index contributed by atoms with van der Waals surface area (Å²) < 4.78 is 0. The summed E-state index contributed by atoms with van der Waals surface area (Å²) >= 11 is 0. The SMILES string of the molecule is CC(C)(C)c1cccc2c1CC(=O)C1(CC3=CCC1C3)C2. The third kappa shape index (κ3) is 1.79. The minimum atomic E-state index is -0.0480. The highest BCUT2D eigenvalue weighted by Crippen LogP contribution is 2.57. The quantitative estimate of drug-likeness (QED) is 0.645. The molecule has 0 N–H and O–H groups in total. The van der Waals surface area contributed by atoms with E-state index in [0.717, 1.165) is 19.3 Å². The molecule has 0 aliphatic heterocycles. The number of hydrogen-bond donors (Lipinski definition) is 0. The first-order valence-electron chi connectivity index (χ1n) is 8.23. The number of fused-ring (bicyclic) bond motifs is 4. The summed E-state index contributed by atoms with van der Waals surface area (Å²) in [5.41, 5.74) is 5.75. The summed E-state index contributed by atoms with van der Waals surface area (Å²) in [4.78, 5) is 13.0. The van der Waals surface area contributed by atoms with E-state index in [1.54, 1.807) is 5.57 Å². The molecule has 0 aromatic heterocycles. The van der Waals surface area contributed by atoms with E-state index in [-0.39, 0.29) is 10.8 Å². The van der Waals surface area contributed by atoms with Crippen molar-refractivity contribution < 1.29 is 4.79 Å². The molecule has 21 heavy (non-hydrogen) atoms. The summed E-state index contributed by atoms with van der Waals surface area (Å²) in [7, 11) is 0. The molecule has 2 bridgehead atoms. The molecule has 1 aromatic rings. The highest BCUT2D eigenvalue weighted by molar-refractivity contribution is 5.91. The normalized spacial score (nSPS) is 30.7. The second kappa shape index (κ2) is 4.09. The van der Waals surface area contributed by atoms with Crippen LogP contribution in [0.25, 0.3) is 0 Å². The second-order valence-corrected chi connectivity index (χ2v) is 8.30. The third-order valence-corrected chi connectivity index (χ3v) is 6.00. The lowest BCUT2D eigenvalue weighted by molar-refractivity contribution is -0.131. The fourth-order valence-corrected chi connectivity index (χ4v) is 4.93. The Morgan fingerprint density at radius 2 is 2.00 bits per heavy atom. The first-order valence-corrected chi connectivity index (χ1v) is 8.23. The van der Waals surface area contributed by atoms with Gasteiger partial charge in [0.15, 0.2) is 0 Å². The van der Waals surface area contributed by atoms with Crippen molar-refractivity contribution in [3.8, 4) is 0 Å². The van der Waals surface area contributed by atoms with Gasteiger partial charge in [-0.1, -0.05) is 50.6 Å². The molecule has 3 aliphatic carbocycles. The van der Waals surface area contributed by atoms with Crippen molar-refractivity contribution in [3.05, 3.63) is 46.5 Å². The maximum absolute atomic E-state index is 13.0. The molecule has 2 unspecified atom stereocenters. The van der Waals surface area contributed by atoms with Crippen LogP contribution in [0.3, 0.4) is 0 Å². The minimum absolute atomic E-state index is 0.0480. The molecule has 0 heterocycles. The van der Waals surface area contributed by atoms with Crippen LogP contribution in [0.1, 0.15) is 56.7 Å². The van der Waals surface area contributed by atoms with Gasteiger partial charge in [0, 0.05) is 11.8 Å². The Kier molecular flexibility index (Phi) is 2.59. The molecule has 1 heteroatoms. The summed E-state index contributed by atoms with van der Waals surface area (Å²) in [6.45, 7) is 6.75. The summed E-state index contributed by atoms with van der Waals surface area (Å²) in [5.74, 6) is 1.10. The van der Waals surface area contributed by atoms with Gasteiger partial charge >= 0.3 is 0 Å². The van der Waals surface area contributed by atoms with Gasteiger partial charge in [0.1, 0.15) is 5.78 Å². The van der Waals surface area contributed by atoms with Gasteiger partial charge in [0.05, 0.1) is 0 Å². The number of rotatable bonds is 0. The first kappa shape index (κ1) is 13.3. The van der Waals surface area contributed by atoms with Gasteiger partial charge in [-0.3, -0.25) is 4.79 Å². The minimum Gasteiger partial charge on any atom is -0.299 e. The van der Waals surface area contributed by atoms with Crippen LogP contribution in [0.5, 0.6) is 0 Å². The zero-order valence-corrected chi connectivity index (χ0v) is 13.3. The van der Waals surface area contributed by atoms with E-state index in [2.05, 4.69) is 45.0 Å². The van der Waals surface area contributed by atoms with Crippen LogP contribution >= 0.6 is 0 Å². The molecule has 1 spiro atoms. The topological polar surface area (TPSA) is 17.1 Å². The summed E-state index contributed by atoms with van der Waals surface area (Å²) in [5, 5.41) is 0. The van der Waals surface area contributed by atoms with Gasteiger partial charge in [-0.05, 0) is 53.7 Å². The lowest BCUT2D eigenvalue weighted by Gasteiger charge is -2.40. The van der Waals surface area contributed by atoms with Crippen molar-refractivity contribution in [1.82, 2.24) is 0 Å². The molecular formula is C20H24O. The summed E-state index contributed by atoms with van der Waals surface area (Å²) in [6, 6.07) is 6.67. The second-order valence-electron chi connectivity index (χ2n) is 8.30. The van der Waals surface area contributed by atoms with Crippen molar-refractivity contribution in [2.24, 2.45) is 11.3 Å². The molecule has 0 amide bonds. The maximum Gasteiger partial charge on any atom is 0.144 e. The molecule has 1 nitrogen and oxygen atoms in total. The van der Waals surface area contributed by atoms with Gasteiger partial charge < -0.3 is 0 Å². The van der Waals surface area contributed by atoms with E-state index in [1.165, 1.54) is 23.1 Å². The molecule has 1 aromatic carbocycles. The fraction of sp³-hybridized carbons (Fsp3) is 0.550. The Hall–Kier alpha value is -1.37. The van der Waals surface area contributed by atoms with Crippen molar-refractivity contribution in [1.29, 1.82) is 0 Å². The van der Waals surface area contributed by atoms with Crippen molar-refractivity contribution >= 4 is 5.78 Å². The number of carbonyl (C=O) groups excluding carboxylic acids is 1. The summed E-state index contributed by atoms with van der Waals surface area (Å²) in [6.07, 6.45) is 7.37. The van der Waals surface area contributed by atoms with Crippen molar-refractivity contribution in [3.63, 3.8) is 0 Å². The van der Waals surface area contributed by atoms with Gasteiger partial charge in [-0.2, -0.15) is 0 Å². The van der Waals surface area contributed by atoms with E-state index < -0.39 is 0 Å².